The lowest BCUT2D eigenvalue weighted by atomic mass is 9.88. The molecule has 0 aliphatic heterocycles. The van der Waals surface area contributed by atoms with Gasteiger partial charge in [-0.15, -0.1) is 0 Å². The van der Waals surface area contributed by atoms with Crippen molar-refractivity contribution in [2.45, 2.75) is 78.4 Å². The van der Waals surface area contributed by atoms with Crippen LogP contribution in [0.3, 0.4) is 0 Å². The Hall–Kier alpha value is -3.23. The maximum atomic E-state index is 13.2. The minimum atomic E-state index is -1.17. The largest absolute Gasteiger partial charge is 0.480 e. The lowest BCUT2D eigenvalue weighted by Gasteiger charge is -2.23. The predicted molar refractivity (Wildman–Crippen MR) is 130 cm³/mol. The molecule has 2 amide bonds. The summed E-state index contributed by atoms with van der Waals surface area (Å²) in [4.78, 5) is 61.1. The smallest absolute Gasteiger partial charge is 0.322 e. The highest BCUT2D eigenvalue weighted by molar-refractivity contribution is 5.93. The van der Waals surface area contributed by atoms with Gasteiger partial charge in [0.05, 0.1) is 12.5 Å². The van der Waals surface area contributed by atoms with Gasteiger partial charge in [0.1, 0.15) is 12.1 Å². The normalized spacial score (nSPS) is 13.0. The number of ether oxygens (including phenoxy) is 1. The van der Waals surface area contributed by atoms with E-state index in [9.17, 15) is 24.0 Å². The average molecular weight is 491 g/mol. The van der Waals surface area contributed by atoms with Crippen LogP contribution in [0.15, 0.2) is 30.3 Å². The first-order valence-corrected chi connectivity index (χ1v) is 11.8. The van der Waals surface area contributed by atoms with E-state index in [0.717, 1.165) is 5.56 Å². The number of carbonyl (C=O) groups excluding carboxylic acids is 4. The number of Topliss-reactive ketones (excluding diaryl/α,β-unsaturated/α-hetero) is 1. The van der Waals surface area contributed by atoms with Gasteiger partial charge < -0.3 is 20.5 Å². The van der Waals surface area contributed by atoms with Crippen LogP contribution in [-0.4, -0.2) is 52.8 Å². The third-order valence-corrected chi connectivity index (χ3v) is 4.97. The lowest BCUT2D eigenvalue weighted by Crippen LogP contribution is -2.44. The van der Waals surface area contributed by atoms with Crippen LogP contribution in [-0.2, 0) is 35.1 Å². The predicted octanol–water partition coefficient (Wildman–Crippen LogP) is 2.66. The summed E-state index contributed by atoms with van der Waals surface area (Å²) in [6.45, 7) is 8.49. The van der Waals surface area contributed by atoms with Crippen molar-refractivity contribution in [3.63, 3.8) is 0 Å². The number of carboxylic acid groups (broad SMARTS) is 1. The maximum Gasteiger partial charge on any atom is 0.322 e. The molecule has 2 unspecified atom stereocenters. The summed E-state index contributed by atoms with van der Waals surface area (Å²) in [7, 11) is 0. The van der Waals surface area contributed by atoms with Gasteiger partial charge >= 0.3 is 11.9 Å². The Morgan fingerprint density at radius 2 is 1.63 bits per heavy atom. The molecule has 1 aromatic carbocycles. The minimum Gasteiger partial charge on any atom is -0.480 e. The van der Waals surface area contributed by atoms with E-state index in [1.54, 1.807) is 20.8 Å². The van der Waals surface area contributed by atoms with Gasteiger partial charge in [0.2, 0.25) is 11.8 Å². The first-order valence-electron chi connectivity index (χ1n) is 11.8. The summed E-state index contributed by atoms with van der Waals surface area (Å²) in [5, 5.41) is 13.9. The highest BCUT2D eigenvalue weighted by atomic mass is 16.6. The van der Waals surface area contributed by atoms with E-state index < -0.39 is 47.9 Å². The average Bonchev–Trinajstić information content (AvgIpc) is 2.74. The fourth-order valence-corrected chi connectivity index (χ4v) is 3.51. The molecule has 0 radical (unpaired) electrons. The SMILES string of the molecule is CC(C)CC(CC(=O)C(Cc1ccccc1)NC(=O)CCC(=O)OC(C)(C)C)C(=O)NCC(=O)O. The van der Waals surface area contributed by atoms with E-state index in [4.69, 9.17) is 9.84 Å². The van der Waals surface area contributed by atoms with Gasteiger partial charge in [-0.2, -0.15) is 0 Å². The zero-order chi connectivity index (χ0) is 26.6. The van der Waals surface area contributed by atoms with Gasteiger partial charge in [-0.3, -0.25) is 24.0 Å². The molecule has 9 nitrogen and oxygen atoms in total. The monoisotopic (exact) mass is 490 g/mol. The number of aliphatic carboxylic acids is 1. The van der Waals surface area contributed by atoms with Crippen molar-refractivity contribution in [1.82, 2.24) is 10.6 Å². The van der Waals surface area contributed by atoms with Crippen LogP contribution in [0.1, 0.15) is 65.9 Å². The molecule has 3 N–H and O–H groups in total. The van der Waals surface area contributed by atoms with Gasteiger partial charge in [-0.05, 0) is 45.1 Å². The topological polar surface area (TPSA) is 139 Å². The number of nitrogens with one attached hydrogen (secondary N) is 2. The Balaban J connectivity index is 2.93. The second kappa shape index (κ2) is 14.2. The minimum absolute atomic E-state index is 0.0966. The molecule has 0 saturated heterocycles. The summed E-state index contributed by atoms with van der Waals surface area (Å²) in [5.41, 5.74) is 0.167. The van der Waals surface area contributed by atoms with Gasteiger partial charge in [0.15, 0.2) is 5.78 Å². The Bertz CT molecular complexity index is 875. The van der Waals surface area contributed by atoms with Crippen molar-refractivity contribution in [2.24, 2.45) is 11.8 Å². The molecule has 0 bridgehead atoms. The zero-order valence-electron chi connectivity index (χ0n) is 21.3. The lowest BCUT2D eigenvalue weighted by molar-refractivity contribution is -0.155. The second-order valence-corrected chi connectivity index (χ2v) is 10.0. The fraction of sp³-hybridized carbons (Fsp3) is 0.577. The van der Waals surface area contributed by atoms with Crippen LogP contribution in [0, 0.1) is 11.8 Å². The molecule has 0 fully saturated rings. The molecule has 0 aromatic heterocycles. The van der Waals surface area contributed by atoms with Crippen molar-refractivity contribution in [2.75, 3.05) is 6.54 Å². The molecular weight excluding hydrogens is 452 g/mol. The van der Waals surface area contributed by atoms with E-state index in [0.29, 0.717) is 6.42 Å². The molecule has 0 aliphatic carbocycles. The first-order chi connectivity index (χ1) is 16.3. The Kier molecular flexibility index (Phi) is 12.1. The highest BCUT2D eigenvalue weighted by Gasteiger charge is 2.29. The van der Waals surface area contributed by atoms with Gasteiger partial charge in [-0.25, -0.2) is 0 Å². The summed E-state index contributed by atoms with van der Waals surface area (Å²) in [6, 6.07) is 8.25. The summed E-state index contributed by atoms with van der Waals surface area (Å²) < 4.78 is 5.22. The molecule has 0 saturated carbocycles. The number of carbonyl (C=O) groups is 5. The molecule has 0 aliphatic rings. The number of ketones is 1. The first kappa shape index (κ1) is 29.8. The van der Waals surface area contributed by atoms with Crippen LogP contribution in [0.5, 0.6) is 0 Å². The van der Waals surface area contributed by atoms with E-state index in [1.807, 2.05) is 44.2 Å². The molecule has 1 aromatic rings. The summed E-state index contributed by atoms with van der Waals surface area (Å²) >= 11 is 0. The molecule has 194 valence electrons. The fourth-order valence-electron chi connectivity index (χ4n) is 3.51. The number of amides is 2. The second-order valence-electron chi connectivity index (χ2n) is 10.0. The molecule has 1 rings (SSSR count). The van der Waals surface area contributed by atoms with Crippen LogP contribution in [0.2, 0.25) is 0 Å². The zero-order valence-corrected chi connectivity index (χ0v) is 21.3. The number of hydrogen-bond acceptors (Lipinski definition) is 6. The maximum absolute atomic E-state index is 13.2. The van der Waals surface area contributed by atoms with Gasteiger partial charge in [-0.1, -0.05) is 44.2 Å². The Morgan fingerprint density at radius 1 is 1.00 bits per heavy atom. The van der Waals surface area contributed by atoms with E-state index in [2.05, 4.69) is 10.6 Å². The molecular formula is C26H38N2O7. The van der Waals surface area contributed by atoms with E-state index in [-0.39, 0.29) is 37.4 Å². The molecule has 2 atom stereocenters. The van der Waals surface area contributed by atoms with Crippen molar-refractivity contribution in [3.8, 4) is 0 Å². The molecule has 9 heteroatoms. The summed E-state index contributed by atoms with van der Waals surface area (Å²) in [5.74, 6) is -3.63. The summed E-state index contributed by atoms with van der Waals surface area (Å²) in [6.07, 6.45) is 0.212. The molecule has 0 spiro atoms. The Labute approximate surface area is 207 Å². The molecule has 0 heterocycles. The van der Waals surface area contributed by atoms with Crippen LogP contribution >= 0.6 is 0 Å². The Morgan fingerprint density at radius 3 is 2.17 bits per heavy atom. The van der Waals surface area contributed by atoms with Gasteiger partial charge in [0.25, 0.3) is 0 Å². The number of rotatable bonds is 14. The van der Waals surface area contributed by atoms with Crippen LogP contribution < -0.4 is 10.6 Å². The molecule has 35 heavy (non-hydrogen) atoms. The third kappa shape index (κ3) is 13.3. The number of esters is 1. The van der Waals surface area contributed by atoms with Gasteiger partial charge in [0, 0.05) is 18.8 Å². The van der Waals surface area contributed by atoms with Crippen molar-refractivity contribution >= 4 is 29.5 Å². The highest BCUT2D eigenvalue weighted by Crippen LogP contribution is 2.18. The van der Waals surface area contributed by atoms with E-state index in [1.165, 1.54) is 0 Å². The van der Waals surface area contributed by atoms with Crippen LogP contribution in [0.25, 0.3) is 0 Å². The number of benzene rings is 1. The third-order valence-electron chi connectivity index (χ3n) is 4.97. The van der Waals surface area contributed by atoms with Crippen molar-refractivity contribution in [1.29, 1.82) is 0 Å². The van der Waals surface area contributed by atoms with E-state index >= 15 is 0 Å². The van der Waals surface area contributed by atoms with Crippen molar-refractivity contribution < 1.29 is 33.8 Å². The van der Waals surface area contributed by atoms with Crippen LogP contribution in [0.4, 0.5) is 0 Å². The quantitative estimate of drug-likeness (QED) is 0.341. The number of carboxylic acids is 1. The number of hydrogen-bond donors (Lipinski definition) is 3. The standard InChI is InChI=1S/C26H38N2O7/c1-17(2)13-19(25(34)27-16-23(31)32)15-21(29)20(14-18-9-7-6-8-10-18)28-22(30)11-12-24(33)35-26(3,4)5/h6-10,17,19-20H,11-16H2,1-5H3,(H,27,34)(H,28,30)(H,31,32). The van der Waals surface area contributed by atoms with Crippen molar-refractivity contribution in [3.05, 3.63) is 35.9 Å².